The van der Waals surface area contributed by atoms with Crippen LogP contribution in [-0.4, -0.2) is 11.0 Å². The van der Waals surface area contributed by atoms with Gasteiger partial charge in [0.05, 0.1) is 11.2 Å². The van der Waals surface area contributed by atoms with Crippen molar-refractivity contribution in [2.24, 2.45) is 11.3 Å². The number of thiazole rings is 1. The van der Waals surface area contributed by atoms with Gasteiger partial charge in [0.1, 0.15) is 5.01 Å². The summed E-state index contributed by atoms with van der Waals surface area (Å²) in [6.45, 7) is 11.8. The van der Waals surface area contributed by atoms with Crippen LogP contribution < -0.4 is 5.32 Å². The highest BCUT2D eigenvalue weighted by Gasteiger charge is 2.51. The van der Waals surface area contributed by atoms with Crippen molar-refractivity contribution in [2.75, 3.05) is 0 Å². The molecule has 1 heterocycles. The van der Waals surface area contributed by atoms with Gasteiger partial charge in [0.25, 0.3) is 0 Å². The molecule has 0 radical (unpaired) electrons. The predicted octanol–water partition coefficient (Wildman–Crippen LogP) is 4.28. The van der Waals surface area contributed by atoms with E-state index < -0.39 is 0 Å². The Morgan fingerprint density at radius 3 is 2.60 bits per heavy atom. The standard InChI is InChI=1S/C17H28N2S/c1-11(2)19-17(10-16(4,5)9-12(17)3)15-18-13-7-6-8-14(13)20-15/h11-12,19H,6-10H2,1-5H3. The summed E-state index contributed by atoms with van der Waals surface area (Å²) in [5.41, 5.74) is 1.91. The van der Waals surface area contributed by atoms with Gasteiger partial charge < -0.3 is 5.32 Å². The van der Waals surface area contributed by atoms with Gasteiger partial charge in [0.2, 0.25) is 0 Å². The van der Waals surface area contributed by atoms with Gasteiger partial charge in [-0.05, 0) is 57.3 Å². The maximum atomic E-state index is 5.07. The molecule has 0 amide bonds. The van der Waals surface area contributed by atoms with E-state index >= 15 is 0 Å². The second-order valence-corrected chi connectivity index (χ2v) is 9.04. The third-order valence-electron chi connectivity index (χ3n) is 4.98. The van der Waals surface area contributed by atoms with E-state index in [0.717, 1.165) is 0 Å². The molecule has 2 unspecified atom stereocenters. The van der Waals surface area contributed by atoms with Gasteiger partial charge in [0, 0.05) is 10.9 Å². The van der Waals surface area contributed by atoms with Gasteiger partial charge in [0.15, 0.2) is 0 Å². The Labute approximate surface area is 127 Å². The van der Waals surface area contributed by atoms with E-state index in [4.69, 9.17) is 4.98 Å². The molecule has 2 nitrogen and oxygen atoms in total. The van der Waals surface area contributed by atoms with Gasteiger partial charge in [-0.25, -0.2) is 4.98 Å². The lowest BCUT2D eigenvalue weighted by atomic mass is 9.86. The third kappa shape index (κ3) is 2.33. The van der Waals surface area contributed by atoms with Crippen molar-refractivity contribution in [1.29, 1.82) is 0 Å². The van der Waals surface area contributed by atoms with Crippen LogP contribution in [0.15, 0.2) is 0 Å². The fraction of sp³-hybridized carbons (Fsp3) is 0.824. The first-order valence-corrected chi connectivity index (χ1v) is 8.91. The van der Waals surface area contributed by atoms with Crippen molar-refractivity contribution < 1.29 is 0 Å². The summed E-state index contributed by atoms with van der Waals surface area (Å²) in [6, 6.07) is 0.505. The molecule has 3 heteroatoms. The number of aromatic nitrogens is 1. The molecule has 20 heavy (non-hydrogen) atoms. The average Bonchev–Trinajstić information content (AvgIpc) is 2.89. The average molecular weight is 292 g/mol. The lowest BCUT2D eigenvalue weighted by Gasteiger charge is -2.36. The molecule has 2 aliphatic rings. The molecule has 1 aromatic rings. The summed E-state index contributed by atoms with van der Waals surface area (Å²) < 4.78 is 0. The van der Waals surface area contributed by atoms with Gasteiger partial charge in [-0.15, -0.1) is 11.3 Å². The molecule has 0 spiro atoms. The summed E-state index contributed by atoms with van der Waals surface area (Å²) in [5, 5.41) is 5.28. The zero-order valence-corrected chi connectivity index (χ0v) is 14.4. The SMILES string of the molecule is CC(C)NC1(c2nc3c(s2)CCC3)CC(C)(C)CC1C. The van der Waals surface area contributed by atoms with E-state index in [1.54, 1.807) is 4.88 Å². The van der Waals surface area contributed by atoms with Crippen molar-refractivity contribution in [3.63, 3.8) is 0 Å². The summed E-state index contributed by atoms with van der Waals surface area (Å²) in [4.78, 5) is 6.63. The topological polar surface area (TPSA) is 24.9 Å². The number of nitrogens with one attached hydrogen (secondary N) is 1. The van der Waals surface area contributed by atoms with Crippen LogP contribution in [0.5, 0.6) is 0 Å². The molecule has 0 aromatic carbocycles. The Morgan fingerprint density at radius 2 is 2.05 bits per heavy atom. The number of nitrogens with zero attached hydrogens (tertiary/aromatic N) is 1. The summed E-state index contributed by atoms with van der Waals surface area (Å²) in [7, 11) is 0. The Kier molecular flexibility index (Phi) is 3.49. The van der Waals surface area contributed by atoms with Gasteiger partial charge in [-0.2, -0.15) is 0 Å². The van der Waals surface area contributed by atoms with Crippen LogP contribution in [0.1, 0.15) is 69.5 Å². The van der Waals surface area contributed by atoms with E-state index in [1.807, 2.05) is 11.3 Å². The number of fused-ring (bicyclic) bond motifs is 1. The number of hydrogen-bond acceptors (Lipinski definition) is 3. The maximum Gasteiger partial charge on any atom is 0.114 e. The van der Waals surface area contributed by atoms with Crippen LogP contribution in [0, 0.1) is 11.3 Å². The smallest absolute Gasteiger partial charge is 0.114 e. The highest BCUT2D eigenvalue weighted by Crippen LogP contribution is 2.54. The van der Waals surface area contributed by atoms with Gasteiger partial charge >= 0.3 is 0 Å². The van der Waals surface area contributed by atoms with Crippen molar-refractivity contribution in [3.8, 4) is 0 Å². The largest absolute Gasteiger partial charge is 0.303 e. The number of hydrogen-bond donors (Lipinski definition) is 1. The predicted molar refractivity (Wildman–Crippen MR) is 86.3 cm³/mol. The highest BCUT2D eigenvalue weighted by atomic mass is 32.1. The van der Waals surface area contributed by atoms with Crippen LogP contribution in [0.25, 0.3) is 0 Å². The summed E-state index contributed by atoms with van der Waals surface area (Å²) >= 11 is 1.99. The lowest BCUT2D eigenvalue weighted by Crippen LogP contribution is -2.48. The quantitative estimate of drug-likeness (QED) is 0.899. The number of aryl methyl sites for hydroxylation is 2. The second kappa shape index (κ2) is 4.81. The minimum Gasteiger partial charge on any atom is -0.303 e. The van der Waals surface area contributed by atoms with Gasteiger partial charge in [-0.3, -0.25) is 0 Å². The molecule has 1 fully saturated rings. The first-order chi connectivity index (χ1) is 9.32. The molecule has 1 aromatic heterocycles. The van der Waals surface area contributed by atoms with E-state index in [1.165, 1.54) is 42.8 Å². The van der Waals surface area contributed by atoms with Gasteiger partial charge in [-0.1, -0.05) is 20.8 Å². The lowest BCUT2D eigenvalue weighted by molar-refractivity contribution is 0.231. The molecule has 1 N–H and O–H groups in total. The Balaban J connectivity index is 2.01. The van der Waals surface area contributed by atoms with E-state index in [9.17, 15) is 0 Å². The Bertz CT molecular complexity index is 482. The molecule has 0 bridgehead atoms. The Morgan fingerprint density at radius 1 is 1.30 bits per heavy atom. The van der Waals surface area contributed by atoms with Crippen LogP contribution in [-0.2, 0) is 18.4 Å². The van der Waals surface area contributed by atoms with Crippen molar-refractivity contribution in [3.05, 3.63) is 15.6 Å². The maximum absolute atomic E-state index is 5.07. The number of rotatable bonds is 3. The van der Waals surface area contributed by atoms with Crippen LogP contribution in [0.2, 0.25) is 0 Å². The van der Waals surface area contributed by atoms with Crippen molar-refractivity contribution >= 4 is 11.3 Å². The normalized spacial score (nSPS) is 32.0. The molecular weight excluding hydrogens is 264 g/mol. The monoisotopic (exact) mass is 292 g/mol. The summed E-state index contributed by atoms with van der Waals surface area (Å²) in [5.74, 6) is 0.658. The first kappa shape index (κ1) is 14.5. The van der Waals surface area contributed by atoms with E-state index in [-0.39, 0.29) is 5.54 Å². The zero-order valence-electron chi connectivity index (χ0n) is 13.5. The third-order valence-corrected chi connectivity index (χ3v) is 6.32. The first-order valence-electron chi connectivity index (χ1n) is 8.09. The molecule has 1 saturated carbocycles. The fourth-order valence-electron chi connectivity index (χ4n) is 4.44. The molecule has 0 saturated heterocycles. The molecule has 2 aliphatic carbocycles. The van der Waals surface area contributed by atoms with Crippen LogP contribution in [0.3, 0.4) is 0 Å². The molecule has 2 atom stereocenters. The molecule has 112 valence electrons. The Hall–Kier alpha value is -0.410. The van der Waals surface area contributed by atoms with Crippen LogP contribution >= 0.6 is 11.3 Å². The van der Waals surface area contributed by atoms with Crippen molar-refractivity contribution in [1.82, 2.24) is 10.3 Å². The minimum absolute atomic E-state index is 0.104. The van der Waals surface area contributed by atoms with Crippen molar-refractivity contribution in [2.45, 2.75) is 78.3 Å². The molecular formula is C17H28N2S. The minimum atomic E-state index is 0.104. The van der Waals surface area contributed by atoms with E-state index in [0.29, 0.717) is 17.4 Å². The van der Waals surface area contributed by atoms with Crippen LogP contribution in [0.4, 0.5) is 0 Å². The highest BCUT2D eigenvalue weighted by molar-refractivity contribution is 7.12. The van der Waals surface area contributed by atoms with E-state index in [2.05, 4.69) is 39.9 Å². The second-order valence-electron chi connectivity index (χ2n) is 7.96. The fourth-order valence-corrected chi connectivity index (χ4v) is 5.86. The molecule has 0 aliphatic heterocycles. The molecule has 3 rings (SSSR count). The zero-order chi connectivity index (χ0) is 14.5. The summed E-state index contributed by atoms with van der Waals surface area (Å²) in [6.07, 6.45) is 6.26.